The van der Waals surface area contributed by atoms with Crippen molar-refractivity contribution in [3.63, 3.8) is 0 Å². The molecule has 0 radical (unpaired) electrons. The number of rotatable bonds is 6. The standard InChI is InChI=1S/C27H30F3N7/c1-18-5-4-6-23(19(18)2)36-15-13-35(14-16-36)12-11-31-25-24-26(33-17-32-25)37(20(3)34-24)22-9-7-21(8-10-22)27(28,29)30/h4-10,17H,11-16H2,1-3H3,(H,31,32,33). The van der Waals surface area contributed by atoms with Gasteiger partial charge in [-0.1, -0.05) is 12.1 Å². The summed E-state index contributed by atoms with van der Waals surface area (Å²) in [5.41, 5.74) is 5.01. The van der Waals surface area contributed by atoms with Gasteiger partial charge >= 0.3 is 6.18 Å². The van der Waals surface area contributed by atoms with Crippen molar-refractivity contribution >= 4 is 22.7 Å². The van der Waals surface area contributed by atoms with E-state index >= 15 is 0 Å². The van der Waals surface area contributed by atoms with Crippen LogP contribution in [0.4, 0.5) is 24.7 Å². The van der Waals surface area contributed by atoms with Crippen LogP contribution in [-0.4, -0.2) is 63.7 Å². The van der Waals surface area contributed by atoms with E-state index in [0.29, 0.717) is 35.0 Å². The third-order valence-corrected chi connectivity index (χ3v) is 7.07. The smallest absolute Gasteiger partial charge is 0.369 e. The highest BCUT2D eigenvalue weighted by molar-refractivity contribution is 5.84. The molecule has 1 aliphatic heterocycles. The van der Waals surface area contributed by atoms with Crippen molar-refractivity contribution in [2.45, 2.75) is 26.9 Å². The Balaban J connectivity index is 1.23. The van der Waals surface area contributed by atoms with Crippen molar-refractivity contribution in [1.82, 2.24) is 24.4 Å². The summed E-state index contributed by atoms with van der Waals surface area (Å²) < 4.78 is 40.7. The van der Waals surface area contributed by atoms with Crippen LogP contribution in [-0.2, 0) is 6.18 Å². The molecule has 4 aromatic rings. The average Bonchev–Trinajstić information content (AvgIpc) is 3.22. The number of benzene rings is 2. The maximum atomic E-state index is 13.0. The van der Waals surface area contributed by atoms with Crippen LogP contribution in [0, 0.1) is 20.8 Å². The molecule has 1 N–H and O–H groups in total. The molecule has 0 spiro atoms. The van der Waals surface area contributed by atoms with E-state index in [1.54, 1.807) is 11.5 Å². The fourth-order valence-corrected chi connectivity index (χ4v) is 4.86. The van der Waals surface area contributed by atoms with E-state index in [2.05, 4.69) is 62.1 Å². The number of aromatic nitrogens is 4. The summed E-state index contributed by atoms with van der Waals surface area (Å²) >= 11 is 0. The van der Waals surface area contributed by atoms with Crippen LogP contribution in [0.5, 0.6) is 0 Å². The Kier molecular flexibility index (Phi) is 6.76. The van der Waals surface area contributed by atoms with Gasteiger partial charge in [-0.25, -0.2) is 15.0 Å². The van der Waals surface area contributed by atoms with Crippen LogP contribution in [0.15, 0.2) is 48.8 Å². The normalized spacial score (nSPS) is 14.9. The molecule has 3 heterocycles. The van der Waals surface area contributed by atoms with E-state index in [1.165, 1.54) is 35.3 Å². The van der Waals surface area contributed by atoms with Gasteiger partial charge in [0.15, 0.2) is 17.0 Å². The molecule has 0 aliphatic carbocycles. The fraction of sp³-hybridized carbons (Fsp3) is 0.370. The first-order chi connectivity index (χ1) is 17.7. The van der Waals surface area contributed by atoms with Gasteiger partial charge in [-0.2, -0.15) is 13.2 Å². The molecular weight excluding hydrogens is 479 g/mol. The van der Waals surface area contributed by atoms with Gasteiger partial charge in [0.05, 0.1) is 5.56 Å². The molecule has 0 saturated carbocycles. The molecular formula is C27H30F3N7. The molecule has 1 saturated heterocycles. The zero-order valence-corrected chi connectivity index (χ0v) is 21.2. The summed E-state index contributed by atoms with van der Waals surface area (Å²) in [5, 5.41) is 3.38. The molecule has 0 bridgehead atoms. The SMILES string of the molecule is Cc1cccc(N2CCN(CCNc3ncnc4c3nc(C)n4-c3ccc(C(F)(F)F)cc3)CC2)c1C. The van der Waals surface area contributed by atoms with E-state index in [-0.39, 0.29) is 0 Å². The second kappa shape index (κ2) is 10.0. The van der Waals surface area contributed by atoms with Crippen LogP contribution in [0.25, 0.3) is 16.9 Å². The number of alkyl halides is 3. The summed E-state index contributed by atoms with van der Waals surface area (Å²) in [7, 11) is 0. The van der Waals surface area contributed by atoms with E-state index < -0.39 is 11.7 Å². The predicted octanol–water partition coefficient (Wildman–Crippen LogP) is 4.99. The van der Waals surface area contributed by atoms with E-state index in [0.717, 1.165) is 44.9 Å². The monoisotopic (exact) mass is 509 g/mol. The van der Waals surface area contributed by atoms with Crippen LogP contribution in [0.2, 0.25) is 0 Å². The number of nitrogens with one attached hydrogen (secondary N) is 1. The van der Waals surface area contributed by atoms with Crippen molar-refractivity contribution in [1.29, 1.82) is 0 Å². The predicted molar refractivity (Wildman–Crippen MR) is 139 cm³/mol. The molecule has 7 nitrogen and oxygen atoms in total. The summed E-state index contributed by atoms with van der Waals surface area (Å²) in [4.78, 5) is 18.3. The molecule has 10 heteroatoms. The highest BCUT2D eigenvalue weighted by atomic mass is 19.4. The van der Waals surface area contributed by atoms with E-state index in [1.807, 2.05) is 0 Å². The minimum absolute atomic E-state index is 0.553. The fourth-order valence-electron chi connectivity index (χ4n) is 4.86. The quantitative estimate of drug-likeness (QED) is 0.395. The summed E-state index contributed by atoms with van der Waals surface area (Å²) in [6.45, 7) is 11.6. The van der Waals surface area contributed by atoms with Crippen LogP contribution >= 0.6 is 0 Å². The zero-order chi connectivity index (χ0) is 26.2. The molecule has 194 valence electrons. The van der Waals surface area contributed by atoms with Crippen LogP contribution in [0.1, 0.15) is 22.5 Å². The lowest BCUT2D eigenvalue weighted by atomic mass is 10.1. The second-order valence-corrected chi connectivity index (χ2v) is 9.41. The Labute approximate surface area is 214 Å². The molecule has 5 rings (SSSR count). The Bertz CT molecular complexity index is 1390. The topological polar surface area (TPSA) is 62.1 Å². The first-order valence-corrected chi connectivity index (χ1v) is 12.4. The molecule has 0 unspecified atom stereocenters. The van der Waals surface area contributed by atoms with E-state index in [4.69, 9.17) is 0 Å². The Morgan fingerprint density at radius 2 is 1.65 bits per heavy atom. The van der Waals surface area contributed by atoms with Crippen molar-refractivity contribution in [3.05, 3.63) is 71.3 Å². The number of piperazine rings is 1. The molecule has 2 aromatic heterocycles. The second-order valence-electron chi connectivity index (χ2n) is 9.41. The largest absolute Gasteiger partial charge is 0.416 e. The molecule has 0 atom stereocenters. The minimum Gasteiger partial charge on any atom is -0.369 e. The van der Waals surface area contributed by atoms with Gasteiger partial charge in [-0.05, 0) is 62.2 Å². The number of aryl methyl sites for hydroxylation is 2. The molecule has 2 aromatic carbocycles. The van der Waals surface area contributed by atoms with Crippen molar-refractivity contribution < 1.29 is 13.2 Å². The first kappa shape index (κ1) is 25.0. The number of nitrogens with zero attached hydrogens (tertiary/aromatic N) is 6. The maximum Gasteiger partial charge on any atom is 0.416 e. The lowest BCUT2D eigenvalue weighted by Gasteiger charge is -2.37. The highest BCUT2D eigenvalue weighted by Crippen LogP contribution is 2.31. The summed E-state index contributed by atoms with van der Waals surface area (Å²) in [6.07, 6.45) is -2.93. The van der Waals surface area contributed by atoms with Gasteiger partial charge in [-0.3, -0.25) is 9.47 Å². The summed E-state index contributed by atoms with van der Waals surface area (Å²) in [6, 6.07) is 11.5. The van der Waals surface area contributed by atoms with Crippen LogP contribution < -0.4 is 10.2 Å². The van der Waals surface area contributed by atoms with Crippen molar-refractivity contribution in [2.24, 2.45) is 0 Å². The maximum absolute atomic E-state index is 13.0. The van der Waals surface area contributed by atoms with E-state index in [9.17, 15) is 13.2 Å². The van der Waals surface area contributed by atoms with Crippen molar-refractivity contribution in [3.8, 4) is 5.69 Å². The van der Waals surface area contributed by atoms with Gasteiger partial charge in [0.25, 0.3) is 0 Å². The summed E-state index contributed by atoms with van der Waals surface area (Å²) in [5.74, 6) is 1.24. The third kappa shape index (κ3) is 5.11. The van der Waals surface area contributed by atoms with Crippen molar-refractivity contribution in [2.75, 3.05) is 49.5 Å². The lowest BCUT2D eigenvalue weighted by Crippen LogP contribution is -2.47. The number of halogens is 3. The number of imidazole rings is 1. The average molecular weight is 510 g/mol. The van der Waals surface area contributed by atoms with Gasteiger partial charge < -0.3 is 10.2 Å². The molecule has 37 heavy (non-hydrogen) atoms. The zero-order valence-electron chi connectivity index (χ0n) is 21.2. The van der Waals surface area contributed by atoms with Gasteiger partial charge in [0.2, 0.25) is 0 Å². The van der Waals surface area contributed by atoms with Gasteiger partial charge in [-0.15, -0.1) is 0 Å². The molecule has 1 fully saturated rings. The van der Waals surface area contributed by atoms with Gasteiger partial charge in [0.1, 0.15) is 12.2 Å². The lowest BCUT2D eigenvalue weighted by molar-refractivity contribution is -0.137. The Hall–Kier alpha value is -3.66. The first-order valence-electron chi connectivity index (χ1n) is 12.4. The highest BCUT2D eigenvalue weighted by Gasteiger charge is 2.30. The number of anilines is 2. The molecule has 0 amide bonds. The van der Waals surface area contributed by atoms with Gasteiger partial charge in [0, 0.05) is 50.6 Å². The third-order valence-electron chi connectivity index (χ3n) is 7.07. The van der Waals surface area contributed by atoms with Crippen LogP contribution in [0.3, 0.4) is 0 Å². The Morgan fingerprint density at radius 3 is 2.35 bits per heavy atom. The molecule has 1 aliphatic rings. The number of fused-ring (bicyclic) bond motifs is 1. The Morgan fingerprint density at radius 1 is 0.919 bits per heavy atom. The number of hydrogen-bond donors (Lipinski definition) is 1. The minimum atomic E-state index is -4.38. The number of hydrogen-bond acceptors (Lipinski definition) is 6.